The summed E-state index contributed by atoms with van der Waals surface area (Å²) in [6, 6.07) is 3.44. The van der Waals surface area contributed by atoms with Gasteiger partial charge in [-0.25, -0.2) is 4.98 Å². The van der Waals surface area contributed by atoms with Gasteiger partial charge < -0.3 is 5.73 Å². The van der Waals surface area contributed by atoms with Crippen molar-refractivity contribution < 1.29 is 4.79 Å². The number of hydrogen-bond donors (Lipinski definition) is 1. The monoisotopic (exact) mass is 136 g/mol. The third-order valence-corrected chi connectivity index (χ3v) is 1.27. The van der Waals surface area contributed by atoms with Gasteiger partial charge in [0.1, 0.15) is 11.5 Å². The summed E-state index contributed by atoms with van der Waals surface area (Å²) in [4.78, 5) is 14.1. The molecule has 1 aromatic rings. The Kier molecular flexibility index (Phi) is 1.67. The number of nitrogens with zero attached hydrogens (tertiary/aromatic N) is 1. The van der Waals surface area contributed by atoms with Crippen LogP contribution in [0.15, 0.2) is 12.1 Å². The number of hydrogen-bond acceptors (Lipinski definition) is 3. The van der Waals surface area contributed by atoms with Crippen LogP contribution in [0.25, 0.3) is 0 Å². The number of carbonyl (C=O) groups excluding carboxylic acids is 1. The lowest BCUT2D eigenvalue weighted by molar-refractivity contribution is 0.111. The van der Waals surface area contributed by atoms with Crippen LogP contribution in [-0.2, 0) is 0 Å². The molecule has 3 heteroatoms. The minimum Gasteiger partial charge on any atom is -0.384 e. The lowest BCUT2D eigenvalue weighted by Crippen LogP contribution is -1.96. The van der Waals surface area contributed by atoms with Crippen LogP contribution in [0.4, 0.5) is 5.82 Å². The highest BCUT2D eigenvalue weighted by molar-refractivity contribution is 5.74. The van der Waals surface area contributed by atoms with Crippen LogP contribution in [0.2, 0.25) is 0 Å². The number of rotatable bonds is 1. The van der Waals surface area contributed by atoms with E-state index in [1.54, 1.807) is 12.1 Å². The normalized spacial score (nSPS) is 9.30. The second-order valence-corrected chi connectivity index (χ2v) is 2.06. The molecule has 0 aliphatic rings. The third kappa shape index (κ3) is 1.13. The summed E-state index contributed by atoms with van der Waals surface area (Å²) in [6.45, 7) is 1.82. The highest BCUT2D eigenvalue weighted by Crippen LogP contribution is 2.04. The molecular weight excluding hydrogens is 128 g/mol. The Labute approximate surface area is 58.9 Å². The fourth-order valence-corrected chi connectivity index (χ4v) is 0.680. The van der Waals surface area contributed by atoms with Crippen LogP contribution < -0.4 is 5.73 Å². The molecule has 0 aliphatic carbocycles. The zero-order valence-corrected chi connectivity index (χ0v) is 5.66. The summed E-state index contributed by atoms with van der Waals surface area (Å²) >= 11 is 0. The van der Waals surface area contributed by atoms with Crippen molar-refractivity contribution in [2.24, 2.45) is 0 Å². The third-order valence-electron chi connectivity index (χ3n) is 1.27. The molecule has 0 amide bonds. The van der Waals surface area contributed by atoms with Crippen LogP contribution in [0.5, 0.6) is 0 Å². The van der Waals surface area contributed by atoms with Gasteiger partial charge in [0.25, 0.3) is 0 Å². The standard InChI is InChI=1S/C7H8N2O/c1-5-2-3-7(8)9-6(5)4-10/h2-4H,1H3,(H2,8,9). The van der Waals surface area contributed by atoms with E-state index in [1.165, 1.54) is 0 Å². The molecule has 0 spiro atoms. The predicted octanol–water partition coefficient (Wildman–Crippen LogP) is 0.785. The van der Waals surface area contributed by atoms with Gasteiger partial charge in [-0.1, -0.05) is 6.07 Å². The predicted molar refractivity (Wildman–Crippen MR) is 38.8 cm³/mol. The quantitative estimate of drug-likeness (QED) is 0.580. The van der Waals surface area contributed by atoms with Crippen molar-refractivity contribution in [2.45, 2.75) is 6.92 Å². The van der Waals surface area contributed by atoms with E-state index < -0.39 is 0 Å². The van der Waals surface area contributed by atoms with E-state index in [0.717, 1.165) is 5.56 Å². The number of anilines is 1. The Morgan fingerprint density at radius 2 is 2.30 bits per heavy atom. The Morgan fingerprint density at radius 3 is 2.80 bits per heavy atom. The second-order valence-electron chi connectivity index (χ2n) is 2.06. The van der Waals surface area contributed by atoms with E-state index in [9.17, 15) is 4.79 Å². The van der Waals surface area contributed by atoms with Crippen molar-refractivity contribution >= 4 is 12.1 Å². The van der Waals surface area contributed by atoms with Crippen molar-refractivity contribution in [2.75, 3.05) is 5.73 Å². The van der Waals surface area contributed by atoms with Gasteiger partial charge >= 0.3 is 0 Å². The van der Waals surface area contributed by atoms with Gasteiger partial charge in [0.2, 0.25) is 0 Å². The van der Waals surface area contributed by atoms with Crippen LogP contribution in [0.1, 0.15) is 16.1 Å². The number of aromatic nitrogens is 1. The number of aldehydes is 1. The van der Waals surface area contributed by atoms with Gasteiger partial charge in [0, 0.05) is 0 Å². The molecule has 52 valence electrons. The molecular formula is C7H8N2O. The Balaban J connectivity index is 3.21. The van der Waals surface area contributed by atoms with E-state index in [2.05, 4.69) is 4.98 Å². The molecule has 1 heterocycles. The van der Waals surface area contributed by atoms with Crippen LogP contribution >= 0.6 is 0 Å². The molecule has 2 N–H and O–H groups in total. The lowest BCUT2D eigenvalue weighted by Gasteiger charge is -1.96. The fourth-order valence-electron chi connectivity index (χ4n) is 0.680. The van der Waals surface area contributed by atoms with Crippen molar-refractivity contribution in [1.29, 1.82) is 0 Å². The van der Waals surface area contributed by atoms with Crippen molar-refractivity contribution in [3.63, 3.8) is 0 Å². The van der Waals surface area contributed by atoms with E-state index in [4.69, 9.17) is 5.73 Å². The molecule has 0 radical (unpaired) electrons. The number of nitrogen functional groups attached to an aromatic ring is 1. The second kappa shape index (κ2) is 2.47. The molecule has 3 nitrogen and oxygen atoms in total. The Morgan fingerprint density at radius 1 is 1.60 bits per heavy atom. The average molecular weight is 136 g/mol. The molecule has 10 heavy (non-hydrogen) atoms. The maximum absolute atomic E-state index is 10.3. The zero-order chi connectivity index (χ0) is 7.56. The minimum absolute atomic E-state index is 0.382. The first-order valence-electron chi connectivity index (χ1n) is 2.92. The zero-order valence-electron chi connectivity index (χ0n) is 5.66. The Bertz CT molecular complexity index is 258. The van der Waals surface area contributed by atoms with Gasteiger partial charge in [-0.3, -0.25) is 4.79 Å². The van der Waals surface area contributed by atoms with E-state index in [1.807, 2.05) is 6.92 Å². The van der Waals surface area contributed by atoms with Gasteiger partial charge in [0.05, 0.1) is 0 Å². The van der Waals surface area contributed by atoms with Gasteiger partial charge in [-0.05, 0) is 18.6 Å². The van der Waals surface area contributed by atoms with Crippen molar-refractivity contribution in [3.8, 4) is 0 Å². The first-order chi connectivity index (χ1) is 4.74. The molecule has 1 rings (SSSR count). The van der Waals surface area contributed by atoms with E-state index in [-0.39, 0.29) is 0 Å². The summed E-state index contributed by atoms with van der Waals surface area (Å²) in [5.74, 6) is 0.382. The highest BCUT2D eigenvalue weighted by atomic mass is 16.1. The maximum atomic E-state index is 10.3. The van der Waals surface area contributed by atoms with E-state index >= 15 is 0 Å². The Hall–Kier alpha value is -1.38. The van der Waals surface area contributed by atoms with Gasteiger partial charge in [-0.15, -0.1) is 0 Å². The summed E-state index contributed by atoms with van der Waals surface area (Å²) in [6.07, 6.45) is 0.700. The molecule has 0 unspecified atom stereocenters. The summed E-state index contributed by atoms with van der Waals surface area (Å²) in [7, 11) is 0. The van der Waals surface area contributed by atoms with Gasteiger partial charge in [0.15, 0.2) is 6.29 Å². The number of pyridine rings is 1. The molecule has 0 bridgehead atoms. The topological polar surface area (TPSA) is 56.0 Å². The molecule has 0 fully saturated rings. The summed E-state index contributed by atoms with van der Waals surface area (Å²) in [5, 5.41) is 0. The smallest absolute Gasteiger partial charge is 0.168 e. The van der Waals surface area contributed by atoms with Crippen molar-refractivity contribution in [3.05, 3.63) is 23.4 Å². The number of nitrogens with two attached hydrogens (primary N) is 1. The number of aryl methyl sites for hydroxylation is 1. The maximum Gasteiger partial charge on any atom is 0.168 e. The first kappa shape index (κ1) is 6.74. The van der Waals surface area contributed by atoms with Gasteiger partial charge in [-0.2, -0.15) is 0 Å². The minimum atomic E-state index is 0.382. The summed E-state index contributed by atoms with van der Waals surface area (Å²) in [5.41, 5.74) is 6.60. The molecule has 0 aromatic carbocycles. The first-order valence-corrected chi connectivity index (χ1v) is 2.92. The lowest BCUT2D eigenvalue weighted by atomic mass is 10.2. The van der Waals surface area contributed by atoms with Crippen LogP contribution in [-0.4, -0.2) is 11.3 Å². The molecule has 0 atom stereocenters. The molecule has 1 aromatic heterocycles. The average Bonchev–Trinajstić information content (AvgIpc) is 1.94. The molecule has 0 aliphatic heterocycles. The van der Waals surface area contributed by atoms with Crippen LogP contribution in [0.3, 0.4) is 0 Å². The number of carbonyl (C=O) groups is 1. The fraction of sp³-hybridized carbons (Fsp3) is 0.143. The molecule has 0 saturated heterocycles. The van der Waals surface area contributed by atoms with Crippen LogP contribution in [0, 0.1) is 6.92 Å². The SMILES string of the molecule is Cc1ccc(N)nc1C=O. The van der Waals surface area contributed by atoms with Crippen molar-refractivity contribution in [1.82, 2.24) is 4.98 Å². The summed E-state index contributed by atoms with van der Waals surface area (Å²) < 4.78 is 0. The highest BCUT2D eigenvalue weighted by Gasteiger charge is 1.96. The largest absolute Gasteiger partial charge is 0.384 e. The molecule has 0 saturated carbocycles. The van der Waals surface area contributed by atoms with E-state index in [0.29, 0.717) is 17.8 Å².